The number of carboxylic acid groups (broad SMARTS) is 1. The minimum Gasteiger partial charge on any atom is -0.547 e. The summed E-state index contributed by atoms with van der Waals surface area (Å²) in [7, 11) is 0. The van der Waals surface area contributed by atoms with Crippen molar-refractivity contribution < 1.29 is 15.0 Å². The van der Waals surface area contributed by atoms with Gasteiger partial charge in [-0.1, -0.05) is 57.6 Å². The minimum absolute atomic E-state index is 0.315. The molecule has 1 N–H and O–H groups in total. The molecule has 19 heavy (non-hydrogen) atoms. The molecule has 0 saturated heterocycles. The smallest absolute Gasteiger partial charge is 0.0933 e. The molecule has 0 radical (unpaired) electrons. The van der Waals surface area contributed by atoms with E-state index in [1.165, 1.54) is 32.1 Å². The molecule has 0 amide bonds. The van der Waals surface area contributed by atoms with Crippen molar-refractivity contribution in [3.8, 4) is 0 Å². The summed E-state index contributed by atoms with van der Waals surface area (Å²) in [6.07, 6.45) is 15.1. The zero-order valence-corrected chi connectivity index (χ0v) is 12.3. The summed E-state index contributed by atoms with van der Waals surface area (Å²) in [6.45, 7) is 2.22. The fourth-order valence-electron chi connectivity index (χ4n) is 2.00. The maximum atomic E-state index is 10.3. The molecule has 0 aromatic heterocycles. The number of carbonyl (C=O) groups is 1. The van der Waals surface area contributed by atoms with Crippen molar-refractivity contribution in [3.05, 3.63) is 12.2 Å². The highest BCUT2D eigenvalue weighted by atomic mass is 16.4. The minimum atomic E-state index is -1.36. The molecule has 3 nitrogen and oxygen atoms in total. The summed E-state index contributed by atoms with van der Waals surface area (Å²) < 4.78 is 0. The van der Waals surface area contributed by atoms with E-state index in [0.717, 1.165) is 32.1 Å². The lowest BCUT2D eigenvalue weighted by Gasteiger charge is -2.10. The summed E-state index contributed by atoms with van der Waals surface area (Å²) >= 11 is 0. The topological polar surface area (TPSA) is 60.4 Å². The van der Waals surface area contributed by atoms with Crippen LogP contribution in [-0.2, 0) is 4.79 Å². The average Bonchev–Trinajstić information content (AvgIpc) is 2.39. The van der Waals surface area contributed by atoms with E-state index in [9.17, 15) is 9.90 Å². The number of hydrogen-bond acceptors (Lipinski definition) is 3. The number of unbranched alkanes of at least 4 members (excludes halogenated alkanes) is 8. The normalized spacial score (nSPS) is 12.9. The Morgan fingerprint density at radius 3 is 2.05 bits per heavy atom. The van der Waals surface area contributed by atoms with Crippen LogP contribution in [0.3, 0.4) is 0 Å². The lowest BCUT2D eigenvalue weighted by molar-refractivity contribution is -0.315. The maximum absolute atomic E-state index is 10.3. The Balaban J connectivity index is 3.18. The van der Waals surface area contributed by atoms with Crippen LogP contribution in [0.5, 0.6) is 0 Å². The molecule has 1 atom stereocenters. The Morgan fingerprint density at radius 2 is 1.53 bits per heavy atom. The van der Waals surface area contributed by atoms with Crippen molar-refractivity contribution in [1.29, 1.82) is 0 Å². The van der Waals surface area contributed by atoms with Gasteiger partial charge < -0.3 is 15.0 Å². The number of carbonyl (C=O) groups excluding carboxylic acids is 1. The molecule has 112 valence electrons. The molecule has 0 heterocycles. The first kappa shape index (κ1) is 18.2. The Kier molecular flexibility index (Phi) is 13.0. The molecule has 0 spiro atoms. The first-order valence-electron chi connectivity index (χ1n) is 7.72. The molecule has 0 bridgehead atoms. The van der Waals surface area contributed by atoms with Crippen LogP contribution in [-0.4, -0.2) is 17.2 Å². The van der Waals surface area contributed by atoms with E-state index in [0.29, 0.717) is 6.42 Å². The SMILES string of the molecule is CCCCCCC=CCCCCCCC(O)C(=O)[O-]. The van der Waals surface area contributed by atoms with Crippen LogP contribution >= 0.6 is 0 Å². The van der Waals surface area contributed by atoms with Crippen molar-refractivity contribution in [1.82, 2.24) is 0 Å². The fraction of sp³-hybridized carbons (Fsp3) is 0.812. The van der Waals surface area contributed by atoms with Crippen molar-refractivity contribution in [2.45, 2.75) is 83.7 Å². The van der Waals surface area contributed by atoms with Gasteiger partial charge in [0.25, 0.3) is 0 Å². The van der Waals surface area contributed by atoms with Gasteiger partial charge in [0.2, 0.25) is 0 Å². The number of rotatable bonds is 13. The van der Waals surface area contributed by atoms with Crippen molar-refractivity contribution in [2.75, 3.05) is 0 Å². The van der Waals surface area contributed by atoms with E-state index in [4.69, 9.17) is 5.11 Å². The van der Waals surface area contributed by atoms with E-state index in [1.807, 2.05) is 0 Å². The summed E-state index contributed by atoms with van der Waals surface area (Å²) in [4.78, 5) is 10.3. The van der Waals surface area contributed by atoms with Gasteiger partial charge in [0.05, 0.1) is 12.1 Å². The molecule has 0 aliphatic rings. The van der Waals surface area contributed by atoms with Gasteiger partial charge in [0.15, 0.2) is 0 Å². The third kappa shape index (κ3) is 13.4. The van der Waals surface area contributed by atoms with Crippen molar-refractivity contribution >= 4 is 5.97 Å². The summed E-state index contributed by atoms with van der Waals surface area (Å²) in [5.74, 6) is -1.36. The molecule has 0 fully saturated rings. The fourth-order valence-corrected chi connectivity index (χ4v) is 2.00. The lowest BCUT2D eigenvalue weighted by atomic mass is 10.1. The monoisotopic (exact) mass is 269 g/mol. The standard InChI is InChI=1S/C16H30O3/c1-2-3-4-5-6-7-8-9-10-11-12-13-14-15(17)16(18)19/h7-8,15,17H,2-6,9-14H2,1H3,(H,18,19)/p-1. The number of allylic oxidation sites excluding steroid dienone is 2. The van der Waals surface area contributed by atoms with Gasteiger partial charge in [-0.15, -0.1) is 0 Å². The van der Waals surface area contributed by atoms with E-state index in [2.05, 4.69) is 19.1 Å². The average molecular weight is 269 g/mol. The van der Waals surface area contributed by atoms with Gasteiger partial charge >= 0.3 is 0 Å². The molecule has 0 aliphatic carbocycles. The second kappa shape index (κ2) is 13.6. The Hall–Kier alpha value is -0.830. The van der Waals surface area contributed by atoms with Gasteiger partial charge in [-0.2, -0.15) is 0 Å². The highest BCUT2D eigenvalue weighted by molar-refractivity contribution is 5.69. The van der Waals surface area contributed by atoms with Crippen LogP contribution in [0.4, 0.5) is 0 Å². The maximum Gasteiger partial charge on any atom is 0.0933 e. The lowest BCUT2D eigenvalue weighted by Crippen LogP contribution is -2.35. The number of aliphatic hydroxyl groups excluding tert-OH is 1. The molecule has 1 unspecified atom stereocenters. The summed E-state index contributed by atoms with van der Waals surface area (Å²) in [5.41, 5.74) is 0. The highest BCUT2D eigenvalue weighted by Gasteiger charge is 2.03. The molecule has 0 aromatic carbocycles. The Labute approximate surface area is 117 Å². The van der Waals surface area contributed by atoms with Gasteiger partial charge in [0, 0.05) is 0 Å². The van der Waals surface area contributed by atoms with E-state index in [1.54, 1.807) is 0 Å². The molecule has 0 aromatic rings. The van der Waals surface area contributed by atoms with E-state index in [-0.39, 0.29) is 0 Å². The van der Waals surface area contributed by atoms with Crippen LogP contribution in [0.1, 0.15) is 77.6 Å². The first-order valence-corrected chi connectivity index (χ1v) is 7.72. The first-order chi connectivity index (χ1) is 9.18. The second-order valence-corrected chi connectivity index (χ2v) is 5.15. The van der Waals surface area contributed by atoms with E-state index >= 15 is 0 Å². The quantitative estimate of drug-likeness (QED) is 0.413. The third-order valence-electron chi connectivity index (χ3n) is 3.26. The molecule has 0 rings (SSSR count). The molecule has 0 aliphatic heterocycles. The zero-order chi connectivity index (χ0) is 14.3. The number of aliphatic carboxylic acids is 1. The predicted molar refractivity (Wildman–Crippen MR) is 76.6 cm³/mol. The number of aliphatic hydroxyl groups is 1. The summed E-state index contributed by atoms with van der Waals surface area (Å²) in [5, 5.41) is 19.3. The molecular weight excluding hydrogens is 240 g/mol. The van der Waals surface area contributed by atoms with Crippen LogP contribution in [0.15, 0.2) is 12.2 Å². The van der Waals surface area contributed by atoms with Gasteiger partial charge in [-0.25, -0.2) is 0 Å². The van der Waals surface area contributed by atoms with Gasteiger partial charge in [-0.3, -0.25) is 0 Å². The molecular formula is C16H29O3-. The Morgan fingerprint density at radius 1 is 1.00 bits per heavy atom. The van der Waals surface area contributed by atoms with Crippen LogP contribution < -0.4 is 5.11 Å². The Bertz CT molecular complexity index is 236. The van der Waals surface area contributed by atoms with Crippen LogP contribution in [0, 0.1) is 0 Å². The third-order valence-corrected chi connectivity index (χ3v) is 3.26. The van der Waals surface area contributed by atoms with Crippen LogP contribution in [0.2, 0.25) is 0 Å². The number of hydrogen-bond donors (Lipinski definition) is 1. The van der Waals surface area contributed by atoms with Crippen molar-refractivity contribution in [2.24, 2.45) is 0 Å². The van der Waals surface area contributed by atoms with Crippen LogP contribution in [0.25, 0.3) is 0 Å². The number of carboxylic acids is 1. The predicted octanol–water partition coefficient (Wildman–Crippen LogP) is 2.96. The molecule has 3 heteroatoms. The highest BCUT2D eigenvalue weighted by Crippen LogP contribution is 2.08. The van der Waals surface area contributed by atoms with Gasteiger partial charge in [0.1, 0.15) is 0 Å². The largest absolute Gasteiger partial charge is 0.547 e. The molecule has 0 saturated carbocycles. The zero-order valence-electron chi connectivity index (χ0n) is 12.3. The van der Waals surface area contributed by atoms with Gasteiger partial charge in [-0.05, 0) is 32.1 Å². The van der Waals surface area contributed by atoms with Crippen molar-refractivity contribution in [3.63, 3.8) is 0 Å². The summed E-state index contributed by atoms with van der Waals surface area (Å²) in [6, 6.07) is 0. The second-order valence-electron chi connectivity index (χ2n) is 5.15. The van der Waals surface area contributed by atoms with E-state index < -0.39 is 12.1 Å².